The fourth-order valence-corrected chi connectivity index (χ4v) is 2.83. The molecule has 7 heteroatoms. The second-order valence-electron chi connectivity index (χ2n) is 6.14. The number of aromatic nitrogens is 1. The van der Waals surface area contributed by atoms with E-state index in [0.29, 0.717) is 41.7 Å². The van der Waals surface area contributed by atoms with Gasteiger partial charge in [0.25, 0.3) is 5.91 Å². The Morgan fingerprint density at radius 1 is 1.11 bits per heavy atom. The van der Waals surface area contributed by atoms with E-state index in [2.05, 4.69) is 5.16 Å². The molecule has 0 fully saturated rings. The van der Waals surface area contributed by atoms with Gasteiger partial charge >= 0.3 is 0 Å². The Hall–Kier alpha value is -2.83. The van der Waals surface area contributed by atoms with Crippen molar-refractivity contribution in [1.82, 2.24) is 10.1 Å². The summed E-state index contributed by atoms with van der Waals surface area (Å²) in [5.74, 6) is 1.27. The maximum absolute atomic E-state index is 12.9. The Labute approximate surface area is 168 Å². The number of amides is 1. The highest BCUT2D eigenvalue weighted by Gasteiger charge is 2.18. The van der Waals surface area contributed by atoms with Crippen LogP contribution in [-0.4, -0.2) is 43.3 Å². The van der Waals surface area contributed by atoms with Gasteiger partial charge in [0.2, 0.25) is 0 Å². The van der Waals surface area contributed by atoms with Crippen LogP contribution in [-0.2, 0) is 11.3 Å². The van der Waals surface area contributed by atoms with Gasteiger partial charge in [-0.2, -0.15) is 0 Å². The highest BCUT2D eigenvalue weighted by Crippen LogP contribution is 2.24. The van der Waals surface area contributed by atoms with E-state index in [0.717, 1.165) is 11.3 Å². The van der Waals surface area contributed by atoms with E-state index in [1.165, 1.54) is 0 Å². The van der Waals surface area contributed by atoms with E-state index in [4.69, 9.17) is 25.6 Å². The summed E-state index contributed by atoms with van der Waals surface area (Å²) in [6.07, 6.45) is 0. The van der Waals surface area contributed by atoms with E-state index in [9.17, 15) is 4.79 Å². The first-order valence-electron chi connectivity index (χ1n) is 8.74. The van der Waals surface area contributed by atoms with Crippen molar-refractivity contribution < 1.29 is 18.8 Å². The van der Waals surface area contributed by atoms with Crippen LogP contribution in [0.1, 0.15) is 16.1 Å². The van der Waals surface area contributed by atoms with Crippen molar-refractivity contribution in [3.63, 3.8) is 0 Å². The van der Waals surface area contributed by atoms with Gasteiger partial charge in [-0.1, -0.05) is 16.8 Å². The number of rotatable bonds is 8. The molecule has 0 bridgehead atoms. The molecule has 1 amide bonds. The minimum Gasteiger partial charge on any atom is -0.497 e. The molecule has 0 aliphatic carbocycles. The molecular weight excluding hydrogens is 380 g/mol. The minimum atomic E-state index is -0.122. The summed E-state index contributed by atoms with van der Waals surface area (Å²) in [6.45, 7) is 1.16. The fraction of sp³-hybridized carbons (Fsp3) is 0.238. The van der Waals surface area contributed by atoms with Crippen LogP contribution in [0.5, 0.6) is 5.75 Å². The third kappa shape index (κ3) is 4.91. The Bertz CT molecular complexity index is 907. The van der Waals surface area contributed by atoms with Crippen LogP contribution < -0.4 is 4.74 Å². The number of benzene rings is 2. The zero-order chi connectivity index (χ0) is 19.9. The monoisotopic (exact) mass is 400 g/mol. The van der Waals surface area contributed by atoms with Crippen LogP contribution in [0.4, 0.5) is 0 Å². The van der Waals surface area contributed by atoms with Crippen molar-refractivity contribution in [3.8, 4) is 17.1 Å². The molecule has 0 spiro atoms. The number of carbonyl (C=O) groups excluding carboxylic acids is 1. The molecule has 2 aromatic carbocycles. The maximum atomic E-state index is 12.9. The van der Waals surface area contributed by atoms with Gasteiger partial charge in [0.1, 0.15) is 11.4 Å². The van der Waals surface area contributed by atoms with Gasteiger partial charge < -0.3 is 18.9 Å². The Morgan fingerprint density at radius 3 is 2.46 bits per heavy atom. The van der Waals surface area contributed by atoms with E-state index < -0.39 is 0 Å². The Kier molecular flexibility index (Phi) is 6.68. The van der Waals surface area contributed by atoms with Crippen molar-refractivity contribution >= 4 is 17.5 Å². The number of halogens is 1. The zero-order valence-electron chi connectivity index (χ0n) is 15.7. The third-order valence-corrected chi connectivity index (χ3v) is 4.48. The van der Waals surface area contributed by atoms with Crippen molar-refractivity contribution in [2.75, 3.05) is 27.4 Å². The number of ether oxygens (including phenoxy) is 2. The molecular formula is C21H21ClN2O4. The van der Waals surface area contributed by atoms with Gasteiger partial charge in [0, 0.05) is 35.9 Å². The molecule has 0 radical (unpaired) electrons. The van der Waals surface area contributed by atoms with E-state index >= 15 is 0 Å². The predicted molar refractivity (Wildman–Crippen MR) is 107 cm³/mol. The van der Waals surface area contributed by atoms with Crippen LogP contribution in [0.25, 0.3) is 11.3 Å². The van der Waals surface area contributed by atoms with E-state index in [1.807, 2.05) is 30.3 Å². The molecule has 0 atom stereocenters. The first-order valence-corrected chi connectivity index (χ1v) is 9.12. The first-order chi connectivity index (χ1) is 13.6. The lowest BCUT2D eigenvalue weighted by atomic mass is 10.1. The quantitative estimate of drug-likeness (QED) is 0.564. The van der Waals surface area contributed by atoms with Crippen LogP contribution in [0.3, 0.4) is 0 Å². The van der Waals surface area contributed by atoms with Crippen molar-refractivity contribution in [2.45, 2.75) is 6.54 Å². The van der Waals surface area contributed by atoms with Gasteiger partial charge in [0.15, 0.2) is 5.76 Å². The molecule has 146 valence electrons. The summed E-state index contributed by atoms with van der Waals surface area (Å²) in [6, 6.07) is 16.1. The topological polar surface area (TPSA) is 64.8 Å². The molecule has 0 N–H and O–H groups in total. The highest BCUT2D eigenvalue weighted by atomic mass is 35.5. The van der Waals surface area contributed by atoms with Gasteiger partial charge in [-0.3, -0.25) is 4.79 Å². The molecule has 0 saturated carbocycles. The summed E-state index contributed by atoms with van der Waals surface area (Å²) in [4.78, 5) is 14.5. The maximum Gasteiger partial charge on any atom is 0.254 e. The standard InChI is InChI=1S/C21H21ClN2O4/c1-26-12-11-24(21(25)16-3-7-17(22)8-4-16)14-18-13-20(28-23-18)15-5-9-19(27-2)10-6-15/h3-10,13H,11-12,14H2,1-2H3. The second kappa shape index (κ2) is 9.39. The number of hydrogen-bond donors (Lipinski definition) is 0. The second-order valence-corrected chi connectivity index (χ2v) is 6.57. The summed E-state index contributed by atoms with van der Waals surface area (Å²) >= 11 is 5.91. The minimum absolute atomic E-state index is 0.122. The summed E-state index contributed by atoms with van der Waals surface area (Å²) < 4.78 is 15.8. The molecule has 3 rings (SSSR count). The normalized spacial score (nSPS) is 10.7. The summed E-state index contributed by atoms with van der Waals surface area (Å²) in [5.41, 5.74) is 2.09. The Morgan fingerprint density at radius 2 is 1.82 bits per heavy atom. The number of hydrogen-bond acceptors (Lipinski definition) is 5. The SMILES string of the molecule is COCCN(Cc1cc(-c2ccc(OC)cc2)on1)C(=O)c1ccc(Cl)cc1. The molecule has 1 aromatic heterocycles. The molecule has 6 nitrogen and oxygen atoms in total. The zero-order valence-corrected chi connectivity index (χ0v) is 16.5. The molecule has 0 saturated heterocycles. The molecule has 3 aromatic rings. The molecule has 28 heavy (non-hydrogen) atoms. The first kappa shape index (κ1) is 19.9. The van der Waals surface area contributed by atoms with Crippen molar-refractivity contribution in [3.05, 3.63) is 70.9 Å². The van der Waals surface area contributed by atoms with Crippen LogP contribution in [0.2, 0.25) is 5.02 Å². The number of nitrogens with zero attached hydrogens (tertiary/aromatic N) is 2. The average Bonchev–Trinajstić information content (AvgIpc) is 3.20. The summed E-state index contributed by atoms with van der Waals surface area (Å²) in [5, 5.41) is 4.70. The van der Waals surface area contributed by atoms with Crippen molar-refractivity contribution in [2.24, 2.45) is 0 Å². The molecule has 0 aliphatic heterocycles. The Balaban J connectivity index is 1.76. The van der Waals surface area contributed by atoms with Gasteiger partial charge in [-0.05, 0) is 48.5 Å². The molecule has 0 aliphatic rings. The van der Waals surface area contributed by atoms with Gasteiger partial charge in [0.05, 0.1) is 20.3 Å². The predicted octanol–water partition coefficient (Wildman–Crippen LogP) is 4.29. The van der Waals surface area contributed by atoms with E-state index in [-0.39, 0.29) is 5.91 Å². The third-order valence-electron chi connectivity index (χ3n) is 4.23. The number of methoxy groups -OCH3 is 2. The van der Waals surface area contributed by atoms with Crippen LogP contribution in [0.15, 0.2) is 59.1 Å². The number of carbonyl (C=O) groups is 1. The van der Waals surface area contributed by atoms with E-state index in [1.54, 1.807) is 43.4 Å². The van der Waals surface area contributed by atoms with Crippen molar-refractivity contribution in [1.29, 1.82) is 0 Å². The fourth-order valence-electron chi connectivity index (χ4n) is 2.70. The van der Waals surface area contributed by atoms with Crippen LogP contribution >= 0.6 is 11.6 Å². The highest BCUT2D eigenvalue weighted by molar-refractivity contribution is 6.30. The van der Waals surface area contributed by atoms with Gasteiger partial charge in [-0.25, -0.2) is 0 Å². The average molecular weight is 401 g/mol. The smallest absolute Gasteiger partial charge is 0.254 e. The van der Waals surface area contributed by atoms with Gasteiger partial charge in [-0.15, -0.1) is 0 Å². The van der Waals surface area contributed by atoms with Crippen LogP contribution in [0, 0.1) is 0 Å². The largest absolute Gasteiger partial charge is 0.497 e. The summed E-state index contributed by atoms with van der Waals surface area (Å²) in [7, 11) is 3.22. The lowest BCUT2D eigenvalue weighted by molar-refractivity contribution is 0.0676. The molecule has 1 heterocycles. The lowest BCUT2D eigenvalue weighted by Crippen LogP contribution is -2.33. The lowest BCUT2D eigenvalue weighted by Gasteiger charge is -2.21. The molecule has 0 unspecified atom stereocenters.